The largest absolute Gasteiger partial charge is 0.496 e. The maximum absolute atomic E-state index is 13.2. The van der Waals surface area contributed by atoms with Gasteiger partial charge >= 0.3 is 0 Å². The summed E-state index contributed by atoms with van der Waals surface area (Å²) in [5, 5.41) is 8.01. The Morgan fingerprint density at radius 2 is 1.85 bits per heavy atom. The van der Waals surface area contributed by atoms with Crippen molar-refractivity contribution in [1.82, 2.24) is 0 Å². The van der Waals surface area contributed by atoms with Crippen molar-refractivity contribution >= 4 is 33.8 Å². The van der Waals surface area contributed by atoms with Gasteiger partial charge in [-0.05, 0) is 47.8 Å². The van der Waals surface area contributed by atoms with Gasteiger partial charge < -0.3 is 15.4 Å². The van der Waals surface area contributed by atoms with Crippen molar-refractivity contribution in [2.75, 3.05) is 17.7 Å². The average Bonchev–Trinajstić information content (AvgIpc) is 3.14. The molecule has 1 aromatic heterocycles. The number of hydrogen-bond donors (Lipinski definition) is 2. The van der Waals surface area contributed by atoms with Crippen LogP contribution in [0.1, 0.15) is 20.7 Å². The van der Waals surface area contributed by atoms with E-state index in [2.05, 4.69) is 10.6 Å². The highest BCUT2D eigenvalue weighted by molar-refractivity contribution is 7.14. The Morgan fingerprint density at radius 1 is 1.00 bits per heavy atom. The maximum atomic E-state index is 13.2. The predicted molar refractivity (Wildman–Crippen MR) is 99.6 cm³/mol. The molecule has 0 aliphatic rings. The summed E-state index contributed by atoms with van der Waals surface area (Å²) in [6.45, 7) is 0. The summed E-state index contributed by atoms with van der Waals surface area (Å²) < 4.78 is 18.5. The molecule has 0 radical (unpaired) electrons. The second-order valence-electron chi connectivity index (χ2n) is 5.31. The molecule has 3 aromatic rings. The molecule has 132 valence electrons. The third-order valence-electron chi connectivity index (χ3n) is 3.55. The second kappa shape index (κ2) is 7.79. The van der Waals surface area contributed by atoms with Crippen LogP contribution in [0, 0.1) is 5.82 Å². The molecule has 0 aliphatic carbocycles. The molecule has 0 saturated carbocycles. The molecule has 1 heterocycles. The van der Waals surface area contributed by atoms with Crippen LogP contribution in [0.3, 0.4) is 0 Å². The van der Waals surface area contributed by atoms with Crippen molar-refractivity contribution in [3.63, 3.8) is 0 Å². The number of anilines is 2. The van der Waals surface area contributed by atoms with E-state index in [9.17, 15) is 14.0 Å². The summed E-state index contributed by atoms with van der Waals surface area (Å²) in [5.74, 6) is -0.943. The van der Waals surface area contributed by atoms with Gasteiger partial charge in [-0.15, -0.1) is 11.3 Å². The van der Waals surface area contributed by atoms with Gasteiger partial charge in [-0.2, -0.15) is 0 Å². The first-order valence-corrected chi connectivity index (χ1v) is 8.54. The Hall–Kier alpha value is -3.19. The quantitative estimate of drug-likeness (QED) is 0.699. The van der Waals surface area contributed by atoms with Crippen molar-refractivity contribution in [1.29, 1.82) is 0 Å². The SMILES string of the molecule is COc1cc(NC(=O)c2cccc(F)c2)ccc1C(=O)Nc1cccs1. The third kappa shape index (κ3) is 4.07. The maximum Gasteiger partial charge on any atom is 0.260 e. The lowest BCUT2D eigenvalue weighted by Gasteiger charge is -2.11. The Labute approximate surface area is 153 Å². The van der Waals surface area contributed by atoms with Crippen LogP contribution < -0.4 is 15.4 Å². The number of halogens is 1. The molecule has 2 N–H and O–H groups in total. The van der Waals surface area contributed by atoms with E-state index in [0.29, 0.717) is 17.0 Å². The second-order valence-corrected chi connectivity index (χ2v) is 6.26. The minimum atomic E-state index is -0.490. The van der Waals surface area contributed by atoms with Crippen molar-refractivity contribution in [2.24, 2.45) is 0 Å². The van der Waals surface area contributed by atoms with E-state index >= 15 is 0 Å². The number of carbonyl (C=O) groups excluding carboxylic acids is 2. The zero-order chi connectivity index (χ0) is 18.5. The first-order valence-electron chi connectivity index (χ1n) is 7.66. The standard InChI is InChI=1S/C19H15FN2O3S/c1-25-16-11-14(21-18(23)12-4-2-5-13(20)10-12)7-8-15(16)19(24)22-17-6-3-9-26-17/h2-11H,1H3,(H,21,23)(H,22,24). The minimum absolute atomic E-state index is 0.198. The van der Waals surface area contributed by atoms with E-state index in [1.54, 1.807) is 24.3 Å². The zero-order valence-corrected chi connectivity index (χ0v) is 14.6. The molecular weight excluding hydrogens is 355 g/mol. The average molecular weight is 370 g/mol. The lowest BCUT2D eigenvalue weighted by atomic mass is 10.1. The van der Waals surface area contributed by atoms with E-state index in [4.69, 9.17) is 4.74 Å². The first kappa shape index (κ1) is 17.6. The van der Waals surface area contributed by atoms with Gasteiger partial charge in [0, 0.05) is 17.3 Å². The van der Waals surface area contributed by atoms with E-state index in [-0.39, 0.29) is 11.5 Å². The summed E-state index contributed by atoms with van der Waals surface area (Å²) >= 11 is 1.41. The van der Waals surface area contributed by atoms with Gasteiger partial charge in [-0.3, -0.25) is 9.59 Å². The number of thiophene rings is 1. The van der Waals surface area contributed by atoms with Gasteiger partial charge in [-0.25, -0.2) is 4.39 Å². The van der Waals surface area contributed by atoms with Gasteiger partial charge in [0.1, 0.15) is 11.6 Å². The Morgan fingerprint density at radius 3 is 2.54 bits per heavy atom. The fourth-order valence-electron chi connectivity index (χ4n) is 2.32. The topological polar surface area (TPSA) is 67.4 Å². The van der Waals surface area contributed by atoms with E-state index in [1.165, 1.54) is 36.6 Å². The highest BCUT2D eigenvalue weighted by Crippen LogP contribution is 2.25. The molecular formula is C19H15FN2O3S. The fourth-order valence-corrected chi connectivity index (χ4v) is 2.93. The summed E-state index contributed by atoms with van der Waals surface area (Å²) in [4.78, 5) is 24.6. The van der Waals surface area contributed by atoms with Crippen LogP contribution in [0.15, 0.2) is 60.0 Å². The molecule has 0 fully saturated rings. The Kier molecular flexibility index (Phi) is 5.28. The van der Waals surface area contributed by atoms with Crippen molar-refractivity contribution < 1.29 is 18.7 Å². The number of hydrogen-bond acceptors (Lipinski definition) is 4. The van der Waals surface area contributed by atoms with Crippen LogP contribution in [0.5, 0.6) is 5.75 Å². The minimum Gasteiger partial charge on any atom is -0.496 e. The van der Waals surface area contributed by atoms with Gasteiger partial charge in [0.05, 0.1) is 17.7 Å². The van der Waals surface area contributed by atoms with Crippen LogP contribution in [-0.4, -0.2) is 18.9 Å². The third-order valence-corrected chi connectivity index (χ3v) is 4.33. The molecule has 0 unspecified atom stereocenters. The molecule has 0 aliphatic heterocycles. The normalized spacial score (nSPS) is 10.2. The van der Waals surface area contributed by atoms with Gasteiger partial charge in [0.2, 0.25) is 0 Å². The fraction of sp³-hybridized carbons (Fsp3) is 0.0526. The number of ether oxygens (including phenoxy) is 1. The Bertz CT molecular complexity index is 942. The van der Waals surface area contributed by atoms with Crippen molar-refractivity contribution in [2.45, 2.75) is 0 Å². The smallest absolute Gasteiger partial charge is 0.260 e. The number of nitrogens with one attached hydrogen (secondary N) is 2. The molecule has 5 nitrogen and oxygen atoms in total. The number of carbonyl (C=O) groups is 2. The summed E-state index contributed by atoms with van der Waals surface area (Å²) in [5.41, 5.74) is 0.969. The van der Waals surface area contributed by atoms with E-state index in [1.807, 2.05) is 11.4 Å². The van der Waals surface area contributed by atoms with Crippen molar-refractivity contribution in [3.8, 4) is 5.75 Å². The number of rotatable bonds is 5. The van der Waals surface area contributed by atoms with E-state index < -0.39 is 11.7 Å². The number of amides is 2. The first-order chi connectivity index (χ1) is 12.6. The zero-order valence-electron chi connectivity index (χ0n) is 13.8. The molecule has 26 heavy (non-hydrogen) atoms. The molecule has 0 bridgehead atoms. The monoisotopic (exact) mass is 370 g/mol. The van der Waals surface area contributed by atoms with Crippen LogP contribution in [0.4, 0.5) is 15.1 Å². The molecule has 0 spiro atoms. The van der Waals surface area contributed by atoms with Crippen molar-refractivity contribution in [3.05, 3.63) is 76.9 Å². The highest BCUT2D eigenvalue weighted by atomic mass is 32.1. The summed E-state index contributed by atoms with van der Waals surface area (Å²) in [6, 6.07) is 13.7. The highest BCUT2D eigenvalue weighted by Gasteiger charge is 2.15. The van der Waals surface area contributed by atoms with Crippen LogP contribution in [0.25, 0.3) is 0 Å². The summed E-state index contributed by atoms with van der Waals surface area (Å²) in [6.07, 6.45) is 0. The summed E-state index contributed by atoms with van der Waals surface area (Å²) in [7, 11) is 1.44. The molecule has 2 amide bonds. The van der Waals surface area contributed by atoms with Crippen LogP contribution in [0.2, 0.25) is 0 Å². The van der Waals surface area contributed by atoms with Gasteiger partial charge in [-0.1, -0.05) is 6.07 Å². The van der Waals surface area contributed by atoms with Crippen LogP contribution >= 0.6 is 11.3 Å². The van der Waals surface area contributed by atoms with Gasteiger partial charge in [0.25, 0.3) is 11.8 Å². The lowest BCUT2D eigenvalue weighted by molar-refractivity contribution is 0.101. The molecule has 3 rings (SSSR count). The van der Waals surface area contributed by atoms with E-state index in [0.717, 1.165) is 11.1 Å². The molecule has 0 saturated heterocycles. The van der Waals surface area contributed by atoms with Gasteiger partial charge in [0.15, 0.2) is 0 Å². The molecule has 7 heteroatoms. The number of benzene rings is 2. The number of methoxy groups -OCH3 is 1. The molecule has 2 aromatic carbocycles. The predicted octanol–water partition coefficient (Wildman–Crippen LogP) is 4.40. The Balaban J connectivity index is 1.78. The lowest BCUT2D eigenvalue weighted by Crippen LogP contribution is -2.14. The molecule has 0 atom stereocenters. The van der Waals surface area contributed by atoms with Crippen LogP contribution in [-0.2, 0) is 0 Å².